The Labute approximate surface area is 179 Å². The van der Waals surface area contributed by atoms with Gasteiger partial charge >= 0.3 is 0 Å². The standard InChI is InChI=1S/C23H20N4O4/c1-4-21(28)27-16-6-5-7-17(12-16)31-23-20(22(24)25-14-26-23)9-8-15-10-18(29-2)13-19(11-15)30-3/h4-7,10-14H,1H2,2-3H3,(H,27,28)(H2,24,25,26). The molecule has 0 radical (unpaired) electrons. The summed E-state index contributed by atoms with van der Waals surface area (Å²) in [5, 5.41) is 2.67. The van der Waals surface area contributed by atoms with Crippen molar-refractivity contribution in [3.8, 4) is 35.0 Å². The minimum atomic E-state index is -0.330. The molecular formula is C23H20N4O4. The molecule has 8 heteroatoms. The average molecular weight is 416 g/mol. The van der Waals surface area contributed by atoms with Crippen LogP contribution in [0.25, 0.3) is 0 Å². The predicted octanol–water partition coefficient (Wildman–Crippen LogP) is 3.39. The molecule has 0 aliphatic carbocycles. The normalized spacial score (nSPS) is 9.74. The maximum atomic E-state index is 11.5. The van der Waals surface area contributed by atoms with E-state index in [9.17, 15) is 4.79 Å². The fourth-order valence-electron chi connectivity index (χ4n) is 2.53. The molecule has 0 saturated carbocycles. The van der Waals surface area contributed by atoms with E-state index in [-0.39, 0.29) is 17.6 Å². The van der Waals surface area contributed by atoms with Gasteiger partial charge in [0.05, 0.1) is 14.2 Å². The Hall–Kier alpha value is -4.51. The number of carbonyl (C=O) groups excluding carboxylic acids is 1. The molecular weight excluding hydrogens is 396 g/mol. The van der Waals surface area contributed by atoms with Crippen LogP contribution in [0, 0.1) is 11.8 Å². The highest BCUT2D eigenvalue weighted by Gasteiger charge is 2.11. The molecule has 0 unspecified atom stereocenters. The number of methoxy groups -OCH3 is 2. The number of nitrogens with zero attached hydrogens (tertiary/aromatic N) is 2. The molecule has 156 valence electrons. The molecule has 1 amide bonds. The molecule has 1 aromatic heterocycles. The van der Waals surface area contributed by atoms with Gasteiger partial charge in [-0.1, -0.05) is 24.5 Å². The van der Waals surface area contributed by atoms with E-state index in [1.54, 1.807) is 56.7 Å². The summed E-state index contributed by atoms with van der Waals surface area (Å²) in [7, 11) is 3.12. The van der Waals surface area contributed by atoms with Gasteiger partial charge < -0.3 is 25.3 Å². The molecule has 31 heavy (non-hydrogen) atoms. The van der Waals surface area contributed by atoms with E-state index in [4.69, 9.17) is 19.9 Å². The molecule has 0 aliphatic heterocycles. The molecule has 0 atom stereocenters. The number of nitrogens with two attached hydrogens (primary N) is 1. The number of aromatic nitrogens is 2. The number of hydrogen-bond donors (Lipinski definition) is 2. The first kappa shape index (κ1) is 21.2. The first-order valence-corrected chi connectivity index (χ1v) is 9.09. The lowest BCUT2D eigenvalue weighted by Crippen LogP contribution is -2.07. The van der Waals surface area contributed by atoms with Crippen molar-refractivity contribution in [3.63, 3.8) is 0 Å². The zero-order chi connectivity index (χ0) is 22.2. The molecule has 8 nitrogen and oxygen atoms in total. The zero-order valence-corrected chi connectivity index (χ0v) is 17.0. The Morgan fingerprint density at radius 3 is 2.48 bits per heavy atom. The number of nitrogen functional groups attached to an aromatic ring is 1. The van der Waals surface area contributed by atoms with Crippen LogP contribution in [0.4, 0.5) is 11.5 Å². The van der Waals surface area contributed by atoms with E-state index in [2.05, 4.69) is 33.7 Å². The Kier molecular flexibility index (Phi) is 6.71. The van der Waals surface area contributed by atoms with E-state index in [1.807, 2.05) is 0 Å². The monoisotopic (exact) mass is 416 g/mol. The van der Waals surface area contributed by atoms with E-state index in [0.717, 1.165) is 0 Å². The number of hydrogen-bond acceptors (Lipinski definition) is 7. The average Bonchev–Trinajstić information content (AvgIpc) is 2.78. The third-order valence-electron chi connectivity index (χ3n) is 4.03. The van der Waals surface area contributed by atoms with Crippen molar-refractivity contribution >= 4 is 17.4 Å². The summed E-state index contributed by atoms with van der Waals surface area (Å²) in [6.45, 7) is 3.43. The molecule has 0 fully saturated rings. The van der Waals surface area contributed by atoms with Gasteiger partial charge in [0, 0.05) is 23.4 Å². The van der Waals surface area contributed by atoms with Crippen LogP contribution < -0.4 is 25.3 Å². The summed E-state index contributed by atoms with van der Waals surface area (Å²) < 4.78 is 16.4. The molecule has 0 spiro atoms. The van der Waals surface area contributed by atoms with E-state index >= 15 is 0 Å². The Morgan fingerprint density at radius 1 is 1.06 bits per heavy atom. The smallest absolute Gasteiger partial charge is 0.247 e. The Balaban J connectivity index is 1.93. The zero-order valence-electron chi connectivity index (χ0n) is 17.0. The van der Waals surface area contributed by atoms with Gasteiger partial charge in [-0.2, -0.15) is 0 Å². The molecule has 3 aromatic rings. The molecule has 0 aliphatic rings. The number of carbonyl (C=O) groups is 1. The Morgan fingerprint density at radius 2 is 1.81 bits per heavy atom. The first-order chi connectivity index (χ1) is 15.0. The molecule has 3 N–H and O–H groups in total. The lowest BCUT2D eigenvalue weighted by Gasteiger charge is -2.09. The van der Waals surface area contributed by atoms with Crippen LogP contribution in [-0.2, 0) is 4.79 Å². The van der Waals surface area contributed by atoms with E-state index in [0.29, 0.717) is 34.1 Å². The summed E-state index contributed by atoms with van der Waals surface area (Å²) in [6, 6.07) is 12.1. The van der Waals surface area contributed by atoms with Crippen LogP contribution >= 0.6 is 0 Å². The Bertz CT molecular complexity index is 1160. The third kappa shape index (κ3) is 5.52. The molecule has 0 bridgehead atoms. The fourth-order valence-corrected chi connectivity index (χ4v) is 2.53. The highest BCUT2D eigenvalue weighted by molar-refractivity contribution is 5.98. The van der Waals surface area contributed by atoms with Crippen LogP contribution in [0.15, 0.2) is 61.4 Å². The number of amides is 1. The summed E-state index contributed by atoms with van der Waals surface area (Å²) in [4.78, 5) is 19.7. The maximum Gasteiger partial charge on any atom is 0.247 e. The van der Waals surface area contributed by atoms with Crippen molar-refractivity contribution < 1.29 is 19.0 Å². The quantitative estimate of drug-likeness (QED) is 0.468. The highest BCUT2D eigenvalue weighted by atomic mass is 16.5. The van der Waals surface area contributed by atoms with Crippen LogP contribution in [0.5, 0.6) is 23.1 Å². The number of nitrogens with one attached hydrogen (secondary N) is 1. The van der Waals surface area contributed by atoms with Gasteiger partial charge in [-0.15, -0.1) is 0 Å². The van der Waals surface area contributed by atoms with Gasteiger partial charge in [0.15, 0.2) is 0 Å². The molecule has 2 aromatic carbocycles. The van der Waals surface area contributed by atoms with Crippen molar-refractivity contribution in [3.05, 3.63) is 72.6 Å². The topological polar surface area (TPSA) is 109 Å². The van der Waals surface area contributed by atoms with E-state index in [1.165, 1.54) is 12.4 Å². The number of ether oxygens (including phenoxy) is 3. The van der Waals surface area contributed by atoms with Crippen LogP contribution in [0.2, 0.25) is 0 Å². The summed E-state index contributed by atoms with van der Waals surface area (Å²) in [6.07, 6.45) is 2.47. The molecule has 0 saturated heterocycles. The third-order valence-corrected chi connectivity index (χ3v) is 4.03. The molecule has 3 rings (SSSR count). The fraction of sp³-hybridized carbons (Fsp3) is 0.0870. The SMILES string of the molecule is C=CC(=O)Nc1cccc(Oc2ncnc(N)c2C#Cc2cc(OC)cc(OC)c2)c1. The second-order valence-electron chi connectivity index (χ2n) is 6.11. The maximum absolute atomic E-state index is 11.5. The summed E-state index contributed by atoms with van der Waals surface area (Å²) in [5.41, 5.74) is 7.53. The molecule has 1 heterocycles. The van der Waals surface area contributed by atoms with Crippen molar-refractivity contribution in [2.75, 3.05) is 25.3 Å². The van der Waals surface area contributed by atoms with Crippen molar-refractivity contribution in [2.24, 2.45) is 0 Å². The second-order valence-corrected chi connectivity index (χ2v) is 6.11. The minimum Gasteiger partial charge on any atom is -0.497 e. The second kappa shape index (κ2) is 9.80. The largest absolute Gasteiger partial charge is 0.497 e. The van der Waals surface area contributed by atoms with Gasteiger partial charge in [-0.3, -0.25) is 4.79 Å². The van der Waals surface area contributed by atoms with E-state index < -0.39 is 0 Å². The highest BCUT2D eigenvalue weighted by Crippen LogP contribution is 2.27. The van der Waals surface area contributed by atoms with Crippen molar-refractivity contribution in [1.82, 2.24) is 9.97 Å². The lowest BCUT2D eigenvalue weighted by atomic mass is 10.2. The van der Waals surface area contributed by atoms with Gasteiger partial charge in [-0.25, -0.2) is 9.97 Å². The lowest BCUT2D eigenvalue weighted by molar-refractivity contribution is -0.111. The number of anilines is 2. The number of rotatable bonds is 6. The van der Waals surface area contributed by atoms with Gasteiger partial charge in [0.1, 0.15) is 35.0 Å². The predicted molar refractivity (Wildman–Crippen MR) is 117 cm³/mol. The van der Waals surface area contributed by atoms with Crippen molar-refractivity contribution in [2.45, 2.75) is 0 Å². The van der Waals surface area contributed by atoms with Crippen LogP contribution in [-0.4, -0.2) is 30.1 Å². The summed E-state index contributed by atoms with van der Waals surface area (Å²) in [5.74, 6) is 7.64. The van der Waals surface area contributed by atoms with Gasteiger partial charge in [0.2, 0.25) is 11.8 Å². The minimum absolute atomic E-state index is 0.170. The first-order valence-electron chi connectivity index (χ1n) is 9.09. The number of benzene rings is 2. The van der Waals surface area contributed by atoms with Crippen molar-refractivity contribution in [1.29, 1.82) is 0 Å². The van der Waals surface area contributed by atoms with Gasteiger partial charge in [-0.05, 0) is 30.3 Å². The van der Waals surface area contributed by atoms with Crippen LogP contribution in [0.1, 0.15) is 11.1 Å². The van der Waals surface area contributed by atoms with Gasteiger partial charge in [0.25, 0.3) is 0 Å². The summed E-state index contributed by atoms with van der Waals surface area (Å²) >= 11 is 0. The van der Waals surface area contributed by atoms with Crippen LogP contribution in [0.3, 0.4) is 0 Å².